The van der Waals surface area contributed by atoms with Crippen LogP contribution in [-0.4, -0.2) is 17.6 Å². The summed E-state index contributed by atoms with van der Waals surface area (Å²) in [7, 11) is 0. The molecule has 0 aromatic heterocycles. The normalized spacial score (nSPS) is 9.67. The van der Waals surface area contributed by atoms with E-state index in [0.29, 0.717) is 17.3 Å². The van der Waals surface area contributed by atoms with E-state index in [2.05, 4.69) is 11.9 Å². The molecule has 0 heterocycles. The Kier molecular flexibility index (Phi) is 4.18. The number of halogens is 1. The van der Waals surface area contributed by atoms with Crippen molar-refractivity contribution in [3.05, 3.63) is 41.4 Å². The van der Waals surface area contributed by atoms with Crippen molar-refractivity contribution < 1.29 is 9.90 Å². The van der Waals surface area contributed by atoms with Gasteiger partial charge in [-0.25, -0.2) is 4.79 Å². The lowest BCUT2D eigenvalue weighted by atomic mass is 10.2. The van der Waals surface area contributed by atoms with E-state index < -0.39 is 5.97 Å². The number of benzene rings is 1. The van der Waals surface area contributed by atoms with Crippen LogP contribution in [0.25, 0.3) is 0 Å². The molecule has 0 radical (unpaired) electrons. The highest BCUT2D eigenvalue weighted by Gasteiger charge is 2.09. The van der Waals surface area contributed by atoms with Crippen LogP contribution in [0.1, 0.15) is 16.8 Å². The third kappa shape index (κ3) is 3.29. The maximum atomic E-state index is 10.9. The average Bonchev–Trinajstić information content (AvgIpc) is 2.18. The van der Waals surface area contributed by atoms with Crippen LogP contribution in [0, 0.1) is 0 Å². The summed E-state index contributed by atoms with van der Waals surface area (Å²) in [5, 5.41) is 12.4. The second-order valence-electron chi connectivity index (χ2n) is 3.00. The Morgan fingerprint density at radius 1 is 1.60 bits per heavy atom. The van der Waals surface area contributed by atoms with E-state index >= 15 is 0 Å². The first kappa shape index (κ1) is 11.6. The number of hydrogen-bond donors (Lipinski definition) is 2. The monoisotopic (exact) mass is 225 g/mol. The quantitative estimate of drug-likeness (QED) is 0.598. The summed E-state index contributed by atoms with van der Waals surface area (Å²) < 4.78 is 0. The number of carbonyl (C=O) groups is 1. The van der Waals surface area contributed by atoms with E-state index in [1.807, 2.05) is 0 Å². The van der Waals surface area contributed by atoms with Gasteiger partial charge in [-0.1, -0.05) is 17.7 Å². The van der Waals surface area contributed by atoms with Gasteiger partial charge >= 0.3 is 5.97 Å². The lowest BCUT2D eigenvalue weighted by Gasteiger charge is -2.08. The molecule has 0 spiro atoms. The molecule has 4 heteroatoms. The third-order valence-electron chi connectivity index (χ3n) is 1.88. The molecular weight excluding hydrogens is 214 g/mol. The molecule has 80 valence electrons. The maximum Gasteiger partial charge on any atom is 0.337 e. The highest BCUT2D eigenvalue weighted by molar-refractivity contribution is 6.31. The first-order chi connectivity index (χ1) is 7.15. The van der Waals surface area contributed by atoms with Crippen LogP contribution in [0.4, 0.5) is 5.69 Å². The van der Waals surface area contributed by atoms with Crippen molar-refractivity contribution in [2.75, 3.05) is 11.9 Å². The SMILES string of the molecule is C=CCCNc1cc(Cl)ccc1C(=O)O. The van der Waals surface area contributed by atoms with Gasteiger partial charge in [0.15, 0.2) is 0 Å². The molecule has 0 saturated carbocycles. The number of carboxylic acid groups (broad SMARTS) is 1. The molecule has 1 aromatic carbocycles. The summed E-state index contributed by atoms with van der Waals surface area (Å²) in [4.78, 5) is 10.9. The fourth-order valence-electron chi connectivity index (χ4n) is 1.16. The van der Waals surface area contributed by atoms with Crippen LogP contribution >= 0.6 is 11.6 Å². The van der Waals surface area contributed by atoms with Crippen LogP contribution in [-0.2, 0) is 0 Å². The molecule has 0 aliphatic heterocycles. The predicted molar refractivity (Wildman–Crippen MR) is 61.7 cm³/mol. The summed E-state index contributed by atoms with van der Waals surface area (Å²) in [6.45, 7) is 4.23. The van der Waals surface area contributed by atoms with Crippen LogP contribution in [0.2, 0.25) is 5.02 Å². The number of anilines is 1. The van der Waals surface area contributed by atoms with E-state index in [0.717, 1.165) is 6.42 Å². The van der Waals surface area contributed by atoms with Gasteiger partial charge in [-0.3, -0.25) is 0 Å². The maximum absolute atomic E-state index is 10.9. The molecular formula is C11H12ClNO2. The molecule has 0 fully saturated rings. The van der Waals surface area contributed by atoms with Crippen molar-refractivity contribution in [2.45, 2.75) is 6.42 Å². The molecule has 0 saturated heterocycles. The van der Waals surface area contributed by atoms with Crippen LogP contribution in [0.5, 0.6) is 0 Å². The smallest absolute Gasteiger partial charge is 0.337 e. The molecule has 0 unspecified atom stereocenters. The first-order valence-electron chi connectivity index (χ1n) is 4.52. The molecule has 15 heavy (non-hydrogen) atoms. The lowest BCUT2D eigenvalue weighted by Crippen LogP contribution is -2.07. The summed E-state index contributed by atoms with van der Waals surface area (Å²) in [6, 6.07) is 4.65. The average molecular weight is 226 g/mol. The number of nitrogens with one attached hydrogen (secondary N) is 1. The Balaban J connectivity index is 2.86. The van der Waals surface area contributed by atoms with Gasteiger partial charge in [0.1, 0.15) is 0 Å². The Morgan fingerprint density at radius 2 is 2.33 bits per heavy atom. The van der Waals surface area contributed by atoms with E-state index in [-0.39, 0.29) is 5.56 Å². The van der Waals surface area contributed by atoms with E-state index in [9.17, 15) is 4.79 Å². The van der Waals surface area contributed by atoms with Gasteiger partial charge in [-0.2, -0.15) is 0 Å². The fourth-order valence-corrected chi connectivity index (χ4v) is 1.33. The minimum Gasteiger partial charge on any atom is -0.478 e. The highest BCUT2D eigenvalue weighted by atomic mass is 35.5. The van der Waals surface area contributed by atoms with Gasteiger partial charge in [0.25, 0.3) is 0 Å². The summed E-state index contributed by atoms with van der Waals surface area (Å²) in [5.74, 6) is -0.965. The van der Waals surface area contributed by atoms with E-state index in [1.165, 1.54) is 6.07 Å². The Bertz CT molecular complexity index is 377. The van der Waals surface area contributed by atoms with Crippen LogP contribution in [0.15, 0.2) is 30.9 Å². The zero-order valence-corrected chi connectivity index (χ0v) is 8.92. The van der Waals surface area contributed by atoms with Crippen molar-refractivity contribution in [3.8, 4) is 0 Å². The Morgan fingerprint density at radius 3 is 2.93 bits per heavy atom. The summed E-state index contributed by atoms with van der Waals surface area (Å²) >= 11 is 5.78. The number of aromatic carboxylic acids is 1. The van der Waals surface area contributed by atoms with Gasteiger partial charge in [-0.15, -0.1) is 6.58 Å². The molecule has 0 aliphatic rings. The number of carboxylic acids is 1. The van der Waals surface area contributed by atoms with Crippen LogP contribution in [0.3, 0.4) is 0 Å². The van der Waals surface area contributed by atoms with Crippen molar-refractivity contribution in [3.63, 3.8) is 0 Å². The summed E-state index contributed by atoms with van der Waals surface area (Å²) in [5.41, 5.74) is 0.764. The minimum absolute atomic E-state index is 0.225. The van der Waals surface area contributed by atoms with Gasteiger partial charge in [0.2, 0.25) is 0 Å². The van der Waals surface area contributed by atoms with Crippen LogP contribution < -0.4 is 5.32 Å². The second-order valence-corrected chi connectivity index (χ2v) is 3.44. The molecule has 1 rings (SSSR count). The molecule has 2 N–H and O–H groups in total. The molecule has 0 bridgehead atoms. The highest BCUT2D eigenvalue weighted by Crippen LogP contribution is 2.21. The standard InChI is InChI=1S/C11H12ClNO2/c1-2-3-6-13-10-7-8(12)4-5-9(10)11(14)15/h2,4-5,7,13H,1,3,6H2,(H,14,15). The molecule has 0 atom stereocenters. The van der Waals surface area contributed by atoms with Gasteiger partial charge in [0, 0.05) is 11.6 Å². The van der Waals surface area contributed by atoms with Gasteiger partial charge in [-0.05, 0) is 24.6 Å². The Labute approximate surface area is 93.4 Å². The van der Waals surface area contributed by atoms with Crippen molar-refractivity contribution in [2.24, 2.45) is 0 Å². The molecule has 1 aromatic rings. The molecule has 3 nitrogen and oxygen atoms in total. The predicted octanol–water partition coefficient (Wildman–Crippen LogP) is 3.03. The minimum atomic E-state index is -0.965. The first-order valence-corrected chi connectivity index (χ1v) is 4.90. The van der Waals surface area contributed by atoms with Crippen molar-refractivity contribution >= 4 is 23.3 Å². The lowest BCUT2D eigenvalue weighted by molar-refractivity contribution is 0.0698. The number of rotatable bonds is 5. The zero-order valence-electron chi connectivity index (χ0n) is 8.16. The third-order valence-corrected chi connectivity index (χ3v) is 2.11. The van der Waals surface area contributed by atoms with E-state index in [4.69, 9.17) is 16.7 Å². The zero-order chi connectivity index (χ0) is 11.3. The summed E-state index contributed by atoms with van der Waals surface area (Å²) in [6.07, 6.45) is 2.53. The van der Waals surface area contributed by atoms with E-state index in [1.54, 1.807) is 18.2 Å². The van der Waals surface area contributed by atoms with Gasteiger partial charge < -0.3 is 10.4 Å². The topological polar surface area (TPSA) is 49.3 Å². The molecule has 0 aliphatic carbocycles. The fraction of sp³-hybridized carbons (Fsp3) is 0.182. The van der Waals surface area contributed by atoms with Gasteiger partial charge in [0.05, 0.1) is 11.3 Å². The second kappa shape index (κ2) is 5.41. The number of hydrogen-bond acceptors (Lipinski definition) is 2. The Hall–Kier alpha value is -1.48. The van der Waals surface area contributed by atoms with Crippen molar-refractivity contribution in [1.29, 1.82) is 0 Å². The largest absolute Gasteiger partial charge is 0.478 e. The van der Waals surface area contributed by atoms with Crippen molar-refractivity contribution in [1.82, 2.24) is 0 Å². The molecule has 0 amide bonds.